The molecular weight excluding hydrogens is 689 g/mol. The van der Waals surface area contributed by atoms with Crippen molar-refractivity contribution < 1.29 is 27.4 Å². The molecule has 4 bridgehead atoms. The van der Waals surface area contributed by atoms with Gasteiger partial charge in [-0.1, -0.05) is 87.0 Å². The fourth-order valence-electron chi connectivity index (χ4n) is 9.63. The van der Waals surface area contributed by atoms with Crippen molar-refractivity contribution in [2.24, 2.45) is 0 Å². The average molecular weight is 775 g/mol. The van der Waals surface area contributed by atoms with Crippen LogP contribution in [0.1, 0.15) is 124 Å². The molecule has 2 aromatic rings. The molecule has 6 aliphatic rings. The van der Waals surface area contributed by atoms with E-state index >= 15 is 0 Å². The second-order valence-electron chi connectivity index (χ2n) is 17.1. The van der Waals surface area contributed by atoms with Crippen molar-refractivity contribution in [3.63, 3.8) is 0 Å². The highest BCUT2D eigenvalue weighted by atomic mass is 16.5. The highest BCUT2D eigenvalue weighted by Gasteiger charge is 2.49. The molecule has 0 aromatic heterocycles. The van der Waals surface area contributed by atoms with E-state index in [1.165, 1.54) is 161 Å². The Morgan fingerprint density at radius 3 is 1.29 bits per heavy atom. The summed E-state index contributed by atoms with van der Waals surface area (Å²) in [5.74, 6) is 14.9. The van der Waals surface area contributed by atoms with Crippen LogP contribution in [0.15, 0.2) is 36.4 Å². The van der Waals surface area contributed by atoms with Crippen LogP contribution in [0, 0.1) is 30.6 Å². The molecule has 314 valence electrons. The first kappa shape index (κ1) is 49.1. The van der Waals surface area contributed by atoms with Gasteiger partial charge in [0.25, 0.3) is 0 Å². The lowest BCUT2D eigenvalue weighted by Gasteiger charge is -2.55. The van der Waals surface area contributed by atoms with E-state index in [0.29, 0.717) is 0 Å². The monoisotopic (exact) mass is 775 g/mol. The van der Waals surface area contributed by atoms with E-state index in [0.717, 1.165) is 60.1 Å². The van der Waals surface area contributed by atoms with Crippen LogP contribution in [0.5, 0.6) is 11.5 Å². The summed E-state index contributed by atoms with van der Waals surface area (Å²) in [6.45, 7) is 31.0. The Hall–Kier alpha value is -3.00. The SMILES string of the molecule is C.C.C.C.CC#Cc1ccc(C#Cc2cc(OCC[N+]34CC[N+](CCCCCC)(CC3)CC4)c(C)cc2OCC[N+]23CC[N+](CCCCCC)(CC2)CC3)cc1. The van der Waals surface area contributed by atoms with Crippen LogP contribution in [-0.2, 0) is 0 Å². The average Bonchev–Trinajstić information content (AvgIpc) is 3.18. The van der Waals surface area contributed by atoms with E-state index in [-0.39, 0.29) is 29.7 Å². The minimum absolute atomic E-state index is 0. The third kappa shape index (κ3) is 12.5. The Morgan fingerprint density at radius 2 is 0.875 bits per heavy atom. The fraction of sp³-hybridized carbons (Fsp3) is 0.680. The van der Waals surface area contributed by atoms with Crippen LogP contribution in [0.2, 0.25) is 0 Å². The van der Waals surface area contributed by atoms with Gasteiger partial charge in [-0.15, -0.1) is 5.92 Å². The summed E-state index contributed by atoms with van der Waals surface area (Å²) in [6.07, 6.45) is 11.0. The molecule has 0 aliphatic carbocycles. The van der Waals surface area contributed by atoms with Crippen molar-refractivity contribution in [1.82, 2.24) is 0 Å². The molecule has 6 aliphatic heterocycles. The molecule has 6 heterocycles. The minimum atomic E-state index is 0. The Labute approximate surface area is 346 Å². The van der Waals surface area contributed by atoms with Crippen LogP contribution in [0.4, 0.5) is 0 Å². The van der Waals surface area contributed by atoms with E-state index in [1.54, 1.807) is 0 Å². The largest absolute Gasteiger partial charge is 0.487 e. The Bertz CT molecular complexity index is 1540. The van der Waals surface area contributed by atoms with Crippen LogP contribution >= 0.6 is 0 Å². The third-order valence-corrected chi connectivity index (χ3v) is 13.7. The fourth-order valence-corrected chi connectivity index (χ4v) is 9.63. The zero-order chi connectivity index (χ0) is 36.3. The predicted molar refractivity (Wildman–Crippen MR) is 241 cm³/mol. The van der Waals surface area contributed by atoms with E-state index in [9.17, 15) is 0 Å². The number of hydrogen-bond acceptors (Lipinski definition) is 2. The lowest BCUT2D eigenvalue weighted by atomic mass is 10.0. The number of nitrogens with zero attached hydrogens (tertiary/aromatic N) is 4. The minimum Gasteiger partial charge on any atom is -0.487 e. The number of aryl methyl sites for hydroxylation is 1. The van der Waals surface area contributed by atoms with Crippen LogP contribution in [0.25, 0.3) is 0 Å². The maximum absolute atomic E-state index is 6.66. The van der Waals surface area contributed by atoms with Crippen molar-refractivity contribution >= 4 is 0 Å². The molecule has 0 amide bonds. The lowest BCUT2D eigenvalue weighted by Crippen LogP contribution is -2.75. The first-order valence-corrected chi connectivity index (χ1v) is 21.2. The number of ether oxygens (including phenoxy) is 2. The Kier molecular flexibility index (Phi) is 20.0. The predicted octanol–water partition coefficient (Wildman–Crippen LogP) is 9.55. The molecule has 0 atom stereocenters. The number of fused-ring (bicyclic) bond motifs is 6. The molecule has 0 saturated carbocycles. The number of hydrogen-bond donors (Lipinski definition) is 0. The molecule has 6 fully saturated rings. The van der Waals surface area contributed by atoms with Crippen molar-refractivity contribution in [2.75, 3.05) is 118 Å². The molecule has 6 saturated heterocycles. The Balaban J connectivity index is 0.00000271. The number of unbranched alkanes of at least 4 members (excludes halogenated alkanes) is 6. The summed E-state index contributed by atoms with van der Waals surface area (Å²) in [5.41, 5.74) is 4.06. The molecule has 6 heteroatoms. The molecule has 0 unspecified atom stereocenters. The number of piperazine rings is 6. The summed E-state index contributed by atoms with van der Waals surface area (Å²) >= 11 is 0. The standard InChI is InChI=1S/C46H70N4O2.4CH4/c1-5-8-10-12-21-47-23-29-49(30-24-47,31-25-47)35-37-51-45-40-44(20-19-43-17-15-42(14-7-3)16-18-43)46(39-41(45)4)52-38-36-50-32-26-48(27-33-50,28-34-50)22-13-11-9-6-2;;;;/h15-18,39-40H,5-6,8-13,21-38H2,1-4H3;4*1H4/q+4;;;;. The quantitative estimate of drug-likeness (QED) is 0.0854. The second kappa shape index (κ2) is 22.8. The number of quaternary nitrogens is 4. The Morgan fingerprint density at radius 1 is 0.482 bits per heavy atom. The van der Waals surface area contributed by atoms with Gasteiger partial charge in [0.05, 0.1) is 18.7 Å². The topological polar surface area (TPSA) is 18.5 Å². The third-order valence-electron chi connectivity index (χ3n) is 13.7. The molecular formula is C50H86N4O2+4. The van der Waals surface area contributed by atoms with Gasteiger partial charge in [-0.3, -0.25) is 0 Å². The van der Waals surface area contributed by atoms with Crippen molar-refractivity contribution in [3.05, 3.63) is 58.7 Å². The number of rotatable bonds is 18. The zero-order valence-electron chi connectivity index (χ0n) is 33.5. The van der Waals surface area contributed by atoms with Gasteiger partial charge in [0.15, 0.2) is 0 Å². The first-order chi connectivity index (χ1) is 25.3. The zero-order valence-corrected chi connectivity index (χ0v) is 33.5. The second-order valence-corrected chi connectivity index (χ2v) is 17.1. The van der Waals surface area contributed by atoms with Gasteiger partial charge in [-0.2, -0.15) is 0 Å². The van der Waals surface area contributed by atoms with Crippen LogP contribution < -0.4 is 9.47 Å². The summed E-state index contributed by atoms with van der Waals surface area (Å²) in [4.78, 5) is 0. The van der Waals surface area contributed by atoms with Gasteiger partial charge in [-0.25, -0.2) is 0 Å². The molecule has 6 nitrogen and oxygen atoms in total. The summed E-state index contributed by atoms with van der Waals surface area (Å²) in [7, 11) is 0. The van der Waals surface area contributed by atoms with Crippen LogP contribution in [-0.4, -0.2) is 136 Å². The smallest absolute Gasteiger partial charge is 0.137 e. The van der Waals surface area contributed by atoms with Gasteiger partial charge < -0.3 is 27.4 Å². The molecule has 0 spiro atoms. The molecule has 56 heavy (non-hydrogen) atoms. The highest BCUT2D eigenvalue weighted by Crippen LogP contribution is 2.32. The number of benzene rings is 2. The van der Waals surface area contributed by atoms with Crippen molar-refractivity contribution in [2.45, 2.75) is 109 Å². The molecule has 8 rings (SSSR count). The van der Waals surface area contributed by atoms with Gasteiger partial charge in [0.1, 0.15) is 116 Å². The molecule has 2 aromatic carbocycles. The maximum atomic E-state index is 6.66. The van der Waals surface area contributed by atoms with Gasteiger partial charge in [-0.05, 0) is 81.5 Å². The van der Waals surface area contributed by atoms with Crippen molar-refractivity contribution in [3.8, 4) is 35.2 Å². The lowest BCUT2D eigenvalue weighted by molar-refractivity contribution is -1.08. The first-order valence-electron chi connectivity index (χ1n) is 21.2. The van der Waals surface area contributed by atoms with E-state index < -0.39 is 0 Å². The summed E-state index contributed by atoms with van der Waals surface area (Å²) < 4.78 is 18.5. The van der Waals surface area contributed by atoms with Crippen LogP contribution in [0.3, 0.4) is 0 Å². The van der Waals surface area contributed by atoms with Gasteiger partial charge in [0.2, 0.25) is 0 Å². The molecule has 0 N–H and O–H groups in total. The van der Waals surface area contributed by atoms with Crippen molar-refractivity contribution in [1.29, 1.82) is 0 Å². The normalized spacial score (nSPS) is 25.4. The van der Waals surface area contributed by atoms with E-state index in [4.69, 9.17) is 9.47 Å². The van der Waals surface area contributed by atoms with Gasteiger partial charge >= 0.3 is 0 Å². The summed E-state index contributed by atoms with van der Waals surface area (Å²) in [6, 6.07) is 12.6. The van der Waals surface area contributed by atoms with E-state index in [2.05, 4.69) is 80.9 Å². The molecule has 0 radical (unpaired) electrons. The van der Waals surface area contributed by atoms with Gasteiger partial charge in [0, 0.05) is 11.1 Å². The van der Waals surface area contributed by atoms with E-state index in [1.807, 2.05) is 6.92 Å². The highest BCUT2D eigenvalue weighted by molar-refractivity contribution is 5.55. The maximum Gasteiger partial charge on any atom is 0.137 e. The summed E-state index contributed by atoms with van der Waals surface area (Å²) in [5, 5.41) is 0.